The van der Waals surface area contributed by atoms with Crippen molar-refractivity contribution in [3.63, 3.8) is 0 Å². The zero-order chi connectivity index (χ0) is 10.7. The van der Waals surface area contributed by atoms with Gasteiger partial charge in [-0.3, -0.25) is 0 Å². The minimum Gasteiger partial charge on any atom is -0.497 e. The van der Waals surface area contributed by atoms with Gasteiger partial charge >= 0.3 is 0 Å². The predicted octanol–water partition coefficient (Wildman–Crippen LogP) is 3.00. The molecular weight excluding hydrogens is 186 g/mol. The van der Waals surface area contributed by atoms with Crippen molar-refractivity contribution < 1.29 is 4.74 Å². The summed E-state index contributed by atoms with van der Waals surface area (Å²) in [7, 11) is 1.71. The molecule has 0 fully saturated rings. The molecule has 1 heterocycles. The van der Waals surface area contributed by atoms with Crippen molar-refractivity contribution in [2.24, 2.45) is 0 Å². The van der Waals surface area contributed by atoms with E-state index in [0.717, 1.165) is 18.6 Å². The molecule has 2 rings (SSSR count). The minimum absolute atomic E-state index is 0.545. The maximum atomic E-state index is 5.21. The molecule has 1 unspecified atom stereocenters. The highest BCUT2D eigenvalue weighted by molar-refractivity contribution is 5.56. The molecule has 0 saturated heterocycles. The molecule has 1 aromatic rings. The van der Waals surface area contributed by atoms with E-state index < -0.39 is 0 Å². The Morgan fingerprint density at radius 1 is 1.60 bits per heavy atom. The van der Waals surface area contributed by atoms with E-state index in [9.17, 15) is 0 Å². The summed E-state index contributed by atoms with van der Waals surface area (Å²) < 4.78 is 5.21. The molecule has 0 saturated carbocycles. The third-order valence-electron chi connectivity index (χ3n) is 2.89. The molecule has 1 N–H and O–H groups in total. The van der Waals surface area contributed by atoms with Crippen LogP contribution in [0.1, 0.15) is 18.4 Å². The lowest BCUT2D eigenvalue weighted by atomic mass is 9.96. The summed E-state index contributed by atoms with van der Waals surface area (Å²) in [4.78, 5) is 0. The number of rotatable bonds is 3. The van der Waals surface area contributed by atoms with E-state index in [1.807, 2.05) is 12.1 Å². The van der Waals surface area contributed by atoms with Gasteiger partial charge in [-0.05, 0) is 43.0 Å². The second-order valence-electron chi connectivity index (χ2n) is 3.93. The van der Waals surface area contributed by atoms with Crippen LogP contribution >= 0.6 is 0 Å². The van der Waals surface area contributed by atoms with Gasteiger partial charge in [0, 0.05) is 11.7 Å². The van der Waals surface area contributed by atoms with Crippen molar-refractivity contribution in [3.05, 3.63) is 36.4 Å². The van der Waals surface area contributed by atoms with Gasteiger partial charge in [-0.1, -0.05) is 6.08 Å². The topological polar surface area (TPSA) is 21.3 Å². The smallest absolute Gasteiger partial charge is 0.119 e. The number of fused-ring (bicyclic) bond motifs is 1. The summed E-state index contributed by atoms with van der Waals surface area (Å²) in [5, 5.41) is 3.52. The SMILES string of the molecule is C=CCC1CCc2cc(OC)ccc2N1. The fraction of sp³-hybridized carbons (Fsp3) is 0.385. The zero-order valence-corrected chi connectivity index (χ0v) is 9.12. The predicted molar refractivity (Wildman–Crippen MR) is 63.5 cm³/mol. The van der Waals surface area contributed by atoms with Gasteiger partial charge in [0.25, 0.3) is 0 Å². The van der Waals surface area contributed by atoms with Crippen LogP contribution in [0.5, 0.6) is 5.75 Å². The molecule has 1 aliphatic rings. The zero-order valence-electron chi connectivity index (χ0n) is 9.12. The quantitative estimate of drug-likeness (QED) is 0.762. The Kier molecular flexibility index (Phi) is 2.95. The fourth-order valence-corrected chi connectivity index (χ4v) is 2.04. The second kappa shape index (κ2) is 4.39. The molecule has 15 heavy (non-hydrogen) atoms. The van der Waals surface area contributed by atoms with Crippen LogP contribution in [0.4, 0.5) is 5.69 Å². The van der Waals surface area contributed by atoms with Crippen LogP contribution in [-0.2, 0) is 6.42 Å². The Labute approximate surface area is 91.0 Å². The van der Waals surface area contributed by atoms with Crippen molar-refractivity contribution in [1.29, 1.82) is 0 Å². The number of anilines is 1. The van der Waals surface area contributed by atoms with Crippen molar-refractivity contribution in [2.75, 3.05) is 12.4 Å². The molecule has 0 radical (unpaired) electrons. The monoisotopic (exact) mass is 203 g/mol. The third kappa shape index (κ3) is 2.14. The molecule has 1 atom stereocenters. The lowest BCUT2D eigenvalue weighted by Gasteiger charge is -2.26. The van der Waals surface area contributed by atoms with E-state index in [0.29, 0.717) is 6.04 Å². The van der Waals surface area contributed by atoms with Gasteiger partial charge < -0.3 is 10.1 Å². The molecule has 2 nitrogen and oxygen atoms in total. The van der Waals surface area contributed by atoms with Crippen molar-refractivity contribution in [2.45, 2.75) is 25.3 Å². The summed E-state index contributed by atoms with van der Waals surface area (Å²) in [5.74, 6) is 0.942. The molecular formula is C13H17NO. The van der Waals surface area contributed by atoms with Gasteiger partial charge in [0.15, 0.2) is 0 Å². The molecule has 0 aliphatic carbocycles. The Morgan fingerprint density at radius 3 is 3.20 bits per heavy atom. The van der Waals surface area contributed by atoms with Crippen LogP contribution in [0.15, 0.2) is 30.9 Å². The molecule has 0 amide bonds. The van der Waals surface area contributed by atoms with Crippen molar-refractivity contribution in [1.82, 2.24) is 0 Å². The Hall–Kier alpha value is -1.44. The van der Waals surface area contributed by atoms with E-state index in [2.05, 4.69) is 24.0 Å². The molecule has 0 aromatic heterocycles. The van der Waals surface area contributed by atoms with E-state index in [1.165, 1.54) is 17.7 Å². The molecule has 0 spiro atoms. The average Bonchev–Trinajstić information content (AvgIpc) is 2.29. The number of ether oxygens (including phenoxy) is 1. The van der Waals surface area contributed by atoms with Crippen molar-refractivity contribution in [3.8, 4) is 5.75 Å². The lowest BCUT2D eigenvalue weighted by Crippen LogP contribution is -2.24. The molecule has 2 heteroatoms. The Morgan fingerprint density at radius 2 is 2.47 bits per heavy atom. The first-order valence-corrected chi connectivity index (χ1v) is 5.38. The molecule has 1 aliphatic heterocycles. The van der Waals surface area contributed by atoms with Crippen LogP contribution in [-0.4, -0.2) is 13.2 Å². The van der Waals surface area contributed by atoms with Gasteiger partial charge in [-0.15, -0.1) is 6.58 Å². The summed E-state index contributed by atoms with van der Waals surface area (Å²) >= 11 is 0. The summed E-state index contributed by atoms with van der Waals surface area (Å²) in [6.45, 7) is 3.78. The first-order chi connectivity index (χ1) is 7.33. The van der Waals surface area contributed by atoms with E-state index >= 15 is 0 Å². The molecule has 80 valence electrons. The van der Waals surface area contributed by atoms with Gasteiger partial charge in [0.05, 0.1) is 7.11 Å². The van der Waals surface area contributed by atoms with Crippen LogP contribution in [0.25, 0.3) is 0 Å². The third-order valence-corrected chi connectivity index (χ3v) is 2.89. The first kappa shape index (κ1) is 10.1. The van der Waals surface area contributed by atoms with Crippen LogP contribution in [0, 0.1) is 0 Å². The number of nitrogens with one attached hydrogen (secondary N) is 1. The van der Waals surface area contributed by atoms with Gasteiger partial charge in [-0.2, -0.15) is 0 Å². The maximum Gasteiger partial charge on any atom is 0.119 e. The Bertz CT molecular complexity index is 360. The highest BCUT2D eigenvalue weighted by Crippen LogP contribution is 2.29. The summed E-state index contributed by atoms with van der Waals surface area (Å²) in [6, 6.07) is 6.77. The number of aryl methyl sites for hydroxylation is 1. The lowest BCUT2D eigenvalue weighted by molar-refractivity contribution is 0.414. The summed E-state index contributed by atoms with van der Waals surface area (Å²) in [6.07, 6.45) is 5.31. The van der Waals surface area contributed by atoms with E-state index in [4.69, 9.17) is 4.74 Å². The first-order valence-electron chi connectivity index (χ1n) is 5.38. The van der Waals surface area contributed by atoms with Gasteiger partial charge in [-0.25, -0.2) is 0 Å². The van der Waals surface area contributed by atoms with Gasteiger partial charge in [0.2, 0.25) is 0 Å². The number of hydrogen-bond acceptors (Lipinski definition) is 2. The van der Waals surface area contributed by atoms with E-state index in [-0.39, 0.29) is 0 Å². The second-order valence-corrected chi connectivity index (χ2v) is 3.93. The maximum absolute atomic E-state index is 5.21. The van der Waals surface area contributed by atoms with Crippen LogP contribution < -0.4 is 10.1 Å². The Balaban J connectivity index is 2.17. The number of hydrogen-bond donors (Lipinski definition) is 1. The van der Waals surface area contributed by atoms with Crippen LogP contribution in [0.2, 0.25) is 0 Å². The van der Waals surface area contributed by atoms with Crippen LogP contribution in [0.3, 0.4) is 0 Å². The van der Waals surface area contributed by atoms with Crippen molar-refractivity contribution >= 4 is 5.69 Å². The van der Waals surface area contributed by atoms with Gasteiger partial charge in [0.1, 0.15) is 5.75 Å². The summed E-state index contributed by atoms with van der Waals surface area (Å²) in [5.41, 5.74) is 2.60. The molecule has 0 bridgehead atoms. The standard InChI is InChI=1S/C13H17NO/c1-3-4-11-6-5-10-9-12(15-2)7-8-13(10)14-11/h3,7-9,11,14H,1,4-6H2,2H3. The molecule has 1 aromatic carbocycles. The highest BCUT2D eigenvalue weighted by atomic mass is 16.5. The average molecular weight is 203 g/mol. The van der Waals surface area contributed by atoms with E-state index in [1.54, 1.807) is 7.11 Å². The fourth-order valence-electron chi connectivity index (χ4n) is 2.04. The largest absolute Gasteiger partial charge is 0.497 e. The normalized spacial score (nSPS) is 18.9. The number of benzene rings is 1. The minimum atomic E-state index is 0.545. The number of methoxy groups -OCH3 is 1. The highest BCUT2D eigenvalue weighted by Gasteiger charge is 2.16.